The van der Waals surface area contributed by atoms with Gasteiger partial charge in [-0.25, -0.2) is 0 Å². The first-order chi connectivity index (χ1) is 7.07. The zero-order valence-electron chi connectivity index (χ0n) is 10.4. The fourth-order valence-corrected chi connectivity index (χ4v) is 1.97. The predicted molar refractivity (Wildman–Crippen MR) is 64.9 cm³/mol. The summed E-state index contributed by atoms with van der Waals surface area (Å²) in [5.74, 6) is 1.30. The number of unbranched alkanes of at least 4 members (excludes halogenated alkanes) is 2. The third-order valence-electron chi connectivity index (χ3n) is 2.80. The van der Waals surface area contributed by atoms with E-state index in [4.69, 9.17) is 5.73 Å². The normalized spacial score (nSPS) is 11.3. The number of nitrogen functional groups attached to an aromatic ring is 1. The van der Waals surface area contributed by atoms with Crippen LogP contribution in [0.25, 0.3) is 0 Å². The number of nitrogens with zero attached hydrogens (tertiary/aromatic N) is 2. The largest absolute Gasteiger partial charge is 0.384 e. The van der Waals surface area contributed by atoms with Gasteiger partial charge in [-0.1, -0.05) is 33.6 Å². The predicted octanol–water partition coefficient (Wildman–Crippen LogP) is 2.86. The van der Waals surface area contributed by atoms with E-state index in [0.717, 1.165) is 12.2 Å². The van der Waals surface area contributed by atoms with Gasteiger partial charge in [-0.3, -0.25) is 4.68 Å². The van der Waals surface area contributed by atoms with Crippen LogP contribution in [-0.2, 0) is 13.5 Å². The van der Waals surface area contributed by atoms with Crippen LogP contribution in [0.2, 0.25) is 0 Å². The quantitative estimate of drug-likeness (QED) is 0.758. The molecule has 0 bridgehead atoms. The van der Waals surface area contributed by atoms with Crippen molar-refractivity contribution in [2.45, 2.75) is 52.4 Å². The van der Waals surface area contributed by atoms with Crippen LogP contribution in [0.15, 0.2) is 0 Å². The van der Waals surface area contributed by atoms with Crippen LogP contribution in [0.4, 0.5) is 5.82 Å². The maximum atomic E-state index is 6.01. The van der Waals surface area contributed by atoms with Gasteiger partial charge in [0.25, 0.3) is 0 Å². The minimum absolute atomic E-state index is 0.468. The molecule has 15 heavy (non-hydrogen) atoms. The highest BCUT2D eigenvalue weighted by Gasteiger charge is 2.15. The first-order valence-electron chi connectivity index (χ1n) is 5.89. The fourth-order valence-electron chi connectivity index (χ4n) is 1.97. The van der Waals surface area contributed by atoms with Gasteiger partial charge >= 0.3 is 0 Å². The van der Waals surface area contributed by atoms with Crippen LogP contribution in [-0.4, -0.2) is 9.78 Å². The van der Waals surface area contributed by atoms with Crippen molar-refractivity contribution < 1.29 is 0 Å². The molecule has 0 radical (unpaired) electrons. The van der Waals surface area contributed by atoms with Crippen LogP contribution in [0.5, 0.6) is 0 Å². The second-order valence-electron chi connectivity index (χ2n) is 4.48. The van der Waals surface area contributed by atoms with Crippen molar-refractivity contribution in [1.29, 1.82) is 0 Å². The summed E-state index contributed by atoms with van der Waals surface area (Å²) in [6.07, 6.45) is 4.80. The minimum atomic E-state index is 0.468. The Balaban J connectivity index is 2.82. The SMILES string of the molecule is CCCCCc1nn(C)c(N)c1C(C)C. The molecule has 0 fully saturated rings. The number of hydrogen-bond acceptors (Lipinski definition) is 2. The van der Waals surface area contributed by atoms with Crippen LogP contribution in [0.1, 0.15) is 57.2 Å². The van der Waals surface area contributed by atoms with Crippen LogP contribution in [0, 0.1) is 0 Å². The highest BCUT2D eigenvalue weighted by atomic mass is 15.3. The van der Waals surface area contributed by atoms with E-state index in [-0.39, 0.29) is 0 Å². The van der Waals surface area contributed by atoms with Crippen molar-refractivity contribution >= 4 is 5.82 Å². The number of rotatable bonds is 5. The molecule has 3 heteroatoms. The molecule has 0 saturated carbocycles. The summed E-state index contributed by atoms with van der Waals surface area (Å²) in [5.41, 5.74) is 8.45. The number of anilines is 1. The Morgan fingerprint density at radius 1 is 1.33 bits per heavy atom. The number of aryl methyl sites for hydroxylation is 2. The van der Waals surface area contributed by atoms with E-state index >= 15 is 0 Å². The monoisotopic (exact) mass is 209 g/mol. The minimum Gasteiger partial charge on any atom is -0.384 e. The Morgan fingerprint density at radius 2 is 2.00 bits per heavy atom. The zero-order chi connectivity index (χ0) is 11.4. The van der Waals surface area contributed by atoms with Gasteiger partial charge in [0.15, 0.2) is 0 Å². The summed E-state index contributed by atoms with van der Waals surface area (Å²) in [7, 11) is 1.92. The van der Waals surface area contributed by atoms with Gasteiger partial charge < -0.3 is 5.73 Å². The third kappa shape index (κ3) is 2.74. The summed E-state index contributed by atoms with van der Waals surface area (Å²) in [6, 6.07) is 0. The average molecular weight is 209 g/mol. The Hall–Kier alpha value is -0.990. The topological polar surface area (TPSA) is 43.8 Å². The van der Waals surface area contributed by atoms with Gasteiger partial charge in [-0.05, 0) is 18.8 Å². The number of nitrogens with two attached hydrogens (primary N) is 1. The molecule has 0 saturated heterocycles. The summed E-state index contributed by atoms with van der Waals surface area (Å²) in [5, 5.41) is 4.49. The molecule has 0 spiro atoms. The lowest BCUT2D eigenvalue weighted by Crippen LogP contribution is -2.00. The lowest BCUT2D eigenvalue weighted by Gasteiger charge is -2.06. The summed E-state index contributed by atoms with van der Waals surface area (Å²) in [6.45, 7) is 6.57. The second kappa shape index (κ2) is 5.19. The van der Waals surface area contributed by atoms with Crippen molar-refractivity contribution in [3.63, 3.8) is 0 Å². The van der Waals surface area contributed by atoms with E-state index in [1.807, 2.05) is 7.05 Å². The van der Waals surface area contributed by atoms with Gasteiger partial charge in [0.1, 0.15) is 5.82 Å². The smallest absolute Gasteiger partial charge is 0.125 e. The van der Waals surface area contributed by atoms with Crippen molar-refractivity contribution in [2.24, 2.45) is 7.05 Å². The average Bonchev–Trinajstić information content (AvgIpc) is 2.43. The summed E-state index contributed by atoms with van der Waals surface area (Å²) >= 11 is 0. The first-order valence-corrected chi connectivity index (χ1v) is 5.89. The van der Waals surface area contributed by atoms with Gasteiger partial charge in [0.2, 0.25) is 0 Å². The maximum absolute atomic E-state index is 6.01. The molecule has 0 amide bonds. The molecule has 3 nitrogen and oxygen atoms in total. The van der Waals surface area contributed by atoms with Crippen LogP contribution < -0.4 is 5.73 Å². The van der Waals surface area contributed by atoms with E-state index in [2.05, 4.69) is 25.9 Å². The van der Waals surface area contributed by atoms with Crippen LogP contribution in [0.3, 0.4) is 0 Å². The fraction of sp³-hybridized carbons (Fsp3) is 0.750. The number of aromatic nitrogens is 2. The Bertz CT molecular complexity index is 313. The maximum Gasteiger partial charge on any atom is 0.125 e. The molecule has 0 atom stereocenters. The Morgan fingerprint density at radius 3 is 2.53 bits per heavy atom. The van der Waals surface area contributed by atoms with E-state index in [0.29, 0.717) is 5.92 Å². The summed E-state index contributed by atoms with van der Waals surface area (Å²) < 4.78 is 1.80. The molecular weight excluding hydrogens is 186 g/mol. The number of hydrogen-bond donors (Lipinski definition) is 1. The molecule has 2 N–H and O–H groups in total. The zero-order valence-corrected chi connectivity index (χ0v) is 10.4. The molecule has 1 aromatic rings. The van der Waals surface area contributed by atoms with Crippen molar-refractivity contribution in [1.82, 2.24) is 9.78 Å². The summed E-state index contributed by atoms with van der Waals surface area (Å²) in [4.78, 5) is 0. The van der Waals surface area contributed by atoms with Crippen LogP contribution >= 0.6 is 0 Å². The Labute approximate surface area is 92.7 Å². The van der Waals surface area contributed by atoms with Crippen molar-refractivity contribution in [3.8, 4) is 0 Å². The van der Waals surface area contributed by atoms with Gasteiger partial charge in [0.05, 0.1) is 5.69 Å². The van der Waals surface area contributed by atoms with E-state index in [1.165, 1.54) is 30.5 Å². The molecule has 1 heterocycles. The third-order valence-corrected chi connectivity index (χ3v) is 2.80. The van der Waals surface area contributed by atoms with E-state index in [1.54, 1.807) is 4.68 Å². The molecular formula is C12H23N3. The van der Waals surface area contributed by atoms with E-state index in [9.17, 15) is 0 Å². The molecule has 0 aliphatic heterocycles. The van der Waals surface area contributed by atoms with Gasteiger partial charge in [0, 0.05) is 12.6 Å². The van der Waals surface area contributed by atoms with Crippen molar-refractivity contribution in [2.75, 3.05) is 5.73 Å². The molecule has 0 unspecified atom stereocenters. The molecule has 0 aliphatic rings. The highest BCUT2D eigenvalue weighted by Crippen LogP contribution is 2.26. The standard InChI is InChI=1S/C12H23N3/c1-5-6-7-8-10-11(9(2)3)12(13)15(4)14-10/h9H,5-8,13H2,1-4H3. The first kappa shape index (κ1) is 12.1. The lowest BCUT2D eigenvalue weighted by molar-refractivity contribution is 0.679. The Kier molecular flexibility index (Phi) is 4.18. The molecule has 0 aliphatic carbocycles. The second-order valence-corrected chi connectivity index (χ2v) is 4.48. The van der Waals surface area contributed by atoms with E-state index < -0.39 is 0 Å². The molecule has 0 aromatic carbocycles. The highest BCUT2D eigenvalue weighted by molar-refractivity contribution is 5.45. The van der Waals surface area contributed by atoms with Gasteiger partial charge in [-0.2, -0.15) is 5.10 Å². The molecule has 1 rings (SSSR count). The van der Waals surface area contributed by atoms with Gasteiger partial charge in [-0.15, -0.1) is 0 Å². The lowest BCUT2D eigenvalue weighted by atomic mass is 10.00. The van der Waals surface area contributed by atoms with Crippen molar-refractivity contribution in [3.05, 3.63) is 11.3 Å². The molecule has 86 valence electrons. The molecule has 1 aromatic heterocycles.